The number of aliphatic hydroxyl groups is 4. The van der Waals surface area contributed by atoms with E-state index in [1.807, 2.05) is 0 Å². The van der Waals surface area contributed by atoms with Gasteiger partial charge in [0.25, 0.3) is 0 Å². The van der Waals surface area contributed by atoms with Crippen LogP contribution in [-0.2, 0) is 0 Å². The summed E-state index contributed by atoms with van der Waals surface area (Å²) in [5.41, 5.74) is 0. The zero-order valence-electron chi connectivity index (χ0n) is 9.47. The van der Waals surface area contributed by atoms with Gasteiger partial charge in [-0.15, -0.1) is 0 Å². The fourth-order valence-corrected chi connectivity index (χ4v) is 1.51. The minimum atomic E-state index is -0.601. The smallest absolute Gasteiger partial charge is 0.0771 e. The molecule has 0 amide bonds. The van der Waals surface area contributed by atoms with Gasteiger partial charge < -0.3 is 20.4 Å². The van der Waals surface area contributed by atoms with Gasteiger partial charge in [-0.3, -0.25) is 0 Å². The third kappa shape index (κ3) is 8.81. The van der Waals surface area contributed by atoms with Gasteiger partial charge in [-0.1, -0.05) is 19.8 Å². The lowest BCUT2D eigenvalue weighted by Crippen LogP contribution is -2.14. The second-order valence-corrected chi connectivity index (χ2v) is 4.29. The van der Waals surface area contributed by atoms with E-state index in [0.29, 0.717) is 18.8 Å². The number of rotatable bonds is 9. The first-order chi connectivity index (χ1) is 7.10. The Balaban J connectivity index is 3.37. The third-order valence-electron chi connectivity index (χ3n) is 2.65. The van der Waals surface area contributed by atoms with Gasteiger partial charge in [-0.2, -0.15) is 0 Å². The molecule has 0 aromatic carbocycles. The molecule has 0 aromatic heterocycles. The summed E-state index contributed by atoms with van der Waals surface area (Å²) in [5, 5.41) is 35.5. The molecule has 0 aromatic rings. The molecule has 15 heavy (non-hydrogen) atoms. The monoisotopic (exact) mass is 220 g/mol. The van der Waals surface area contributed by atoms with Gasteiger partial charge in [0.2, 0.25) is 0 Å². The molecule has 0 heterocycles. The van der Waals surface area contributed by atoms with Crippen molar-refractivity contribution in [2.45, 2.75) is 51.2 Å². The predicted molar refractivity (Wildman–Crippen MR) is 58.4 cm³/mol. The topological polar surface area (TPSA) is 80.9 Å². The van der Waals surface area contributed by atoms with Gasteiger partial charge in [0.1, 0.15) is 0 Å². The molecule has 0 saturated heterocycles. The molecule has 3 unspecified atom stereocenters. The quantitative estimate of drug-likeness (QED) is 0.450. The van der Waals surface area contributed by atoms with Crippen LogP contribution in [0.4, 0.5) is 0 Å². The van der Waals surface area contributed by atoms with E-state index >= 15 is 0 Å². The van der Waals surface area contributed by atoms with Crippen LogP contribution >= 0.6 is 0 Å². The van der Waals surface area contributed by atoms with Crippen molar-refractivity contribution in [3.63, 3.8) is 0 Å². The Hall–Kier alpha value is -0.160. The molecule has 3 atom stereocenters. The van der Waals surface area contributed by atoms with E-state index in [9.17, 15) is 0 Å². The Kier molecular flexibility index (Phi) is 9.00. The predicted octanol–water partition coefficient (Wildman–Crippen LogP) is 0.279. The molecule has 0 aliphatic carbocycles. The van der Waals surface area contributed by atoms with Gasteiger partial charge in [0.15, 0.2) is 0 Å². The minimum absolute atomic E-state index is 0.169. The van der Waals surface area contributed by atoms with Crippen molar-refractivity contribution in [2.24, 2.45) is 5.92 Å². The Labute approximate surface area is 91.6 Å². The molecular formula is C11H24O4. The van der Waals surface area contributed by atoms with E-state index < -0.39 is 12.2 Å². The van der Waals surface area contributed by atoms with Crippen molar-refractivity contribution in [1.82, 2.24) is 0 Å². The SMILES string of the molecule is CC(CCCC(O)CO)CCC(O)CO. The molecule has 4 nitrogen and oxygen atoms in total. The summed E-state index contributed by atoms with van der Waals surface area (Å²) in [6, 6.07) is 0. The van der Waals surface area contributed by atoms with Crippen LogP contribution in [0.25, 0.3) is 0 Å². The van der Waals surface area contributed by atoms with Gasteiger partial charge >= 0.3 is 0 Å². The van der Waals surface area contributed by atoms with Crippen molar-refractivity contribution in [3.8, 4) is 0 Å². The van der Waals surface area contributed by atoms with Crippen molar-refractivity contribution < 1.29 is 20.4 Å². The van der Waals surface area contributed by atoms with E-state index in [2.05, 4.69) is 6.92 Å². The first-order valence-electron chi connectivity index (χ1n) is 5.68. The Morgan fingerprint density at radius 1 is 0.800 bits per heavy atom. The van der Waals surface area contributed by atoms with Crippen LogP contribution in [-0.4, -0.2) is 45.8 Å². The van der Waals surface area contributed by atoms with Crippen LogP contribution in [0, 0.1) is 5.92 Å². The lowest BCUT2D eigenvalue weighted by atomic mass is 9.96. The molecule has 0 fully saturated rings. The first-order valence-corrected chi connectivity index (χ1v) is 5.68. The lowest BCUT2D eigenvalue weighted by molar-refractivity contribution is 0.0789. The summed E-state index contributed by atoms with van der Waals surface area (Å²) in [6.07, 6.45) is 2.81. The summed E-state index contributed by atoms with van der Waals surface area (Å²) in [7, 11) is 0. The van der Waals surface area contributed by atoms with E-state index in [4.69, 9.17) is 20.4 Å². The van der Waals surface area contributed by atoms with Gasteiger partial charge in [0, 0.05) is 0 Å². The second kappa shape index (κ2) is 9.09. The van der Waals surface area contributed by atoms with Crippen molar-refractivity contribution in [2.75, 3.05) is 13.2 Å². The normalized spacial score (nSPS) is 17.4. The maximum absolute atomic E-state index is 9.14. The fourth-order valence-electron chi connectivity index (χ4n) is 1.51. The highest BCUT2D eigenvalue weighted by Crippen LogP contribution is 2.15. The van der Waals surface area contributed by atoms with Gasteiger partial charge in [-0.25, -0.2) is 0 Å². The van der Waals surface area contributed by atoms with Crippen LogP contribution in [0.3, 0.4) is 0 Å². The Morgan fingerprint density at radius 3 is 1.87 bits per heavy atom. The second-order valence-electron chi connectivity index (χ2n) is 4.29. The zero-order chi connectivity index (χ0) is 11.7. The average molecular weight is 220 g/mol. The summed E-state index contributed by atoms with van der Waals surface area (Å²) < 4.78 is 0. The van der Waals surface area contributed by atoms with Gasteiger partial charge in [-0.05, 0) is 25.2 Å². The maximum Gasteiger partial charge on any atom is 0.0771 e. The van der Waals surface area contributed by atoms with E-state index in [0.717, 1.165) is 19.3 Å². The van der Waals surface area contributed by atoms with Crippen LogP contribution in [0.15, 0.2) is 0 Å². The van der Waals surface area contributed by atoms with Crippen molar-refractivity contribution in [3.05, 3.63) is 0 Å². The molecule has 0 aliphatic heterocycles. The molecule has 0 saturated carbocycles. The highest BCUT2D eigenvalue weighted by molar-refractivity contribution is 4.61. The maximum atomic E-state index is 9.14. The fraction of sp³-hybridized carbons (Fsp3) is 1.00. The average Bonchev–Trinajstić information content (AvgIpc) is 2.25. The van der Waals surface area contributed by atoms with Crippen LogP contribution < -0.4 is 0 Å². The lowest BCUT2D eigenvalue weighted by Gasteiger charge is -2.14. The van der Waals surface area contributed by atoms with Crippen LogP contribution in [0.1, 0.15) is 39.0 Å². The summed E-state index contributed by atoms with van der Waals surface area (Å²) in [6.45, 7) is 1.75. The molecule has 0 rings (SSSR count). The first kappa shape index (κ1) is 14.8. The van der Waals surface area contributed by atoms with E-state index in [-0.39, 0.29) is 13.2 Å². The molecular weight excluding hydrogens is 196 g/mol. The van der Waals surface area contributed by atoms with Gasteiger partial charge in [0.05, 0.1) is 25.4 Å². The zero-order valence-corrected chi connectivity index (χ0v) is 9.47. The Morgan fingerprint density at radius 2 is 1.33 bits per heavy atom. The summed E-state index contributed by atoms with van der Waals surface area (Å²) in [4.78, 5) is 0. The highest BCUT2D eigenvalue weighted by atomic mass is 16.3. The van der Waals surface area contributed by atoms with Crippen molar-refractivity contribution >= 4 is 0 Å². The molecule has 4 N–H and O–H groups in total. The van der Waals surface area contributed by atoms with E-state index in [1.54, 1.807) is 0 Å². The standard InChI is InChI=1S/C11H24O4/c1-9(5-6-11(15)8-13)3-2-4-10(14)7-12/h9-15H,2-8H2,1H3. The number of hydrogen-bond donors (Lipinski definition) is 4. The molecule has 0 spiro atoms. The van der Waals surface area contributed by atoms with Crippen molar-refractivity contribution in [1.29, 1.82) is 0 Å². The molecule has 92 valence electrons. The molecule has 0 bridgehead atoms. The summed E-state index contributed by atoms with van der Waals surface area (Å²) in [5.74, 6) is 0.483. The number of hydrogen-bond acceptors (Lipinski definition) is 4. The largest absolute Gasteiger partial charge is 0.394 e. The summed E-state index contributed by atoms with van der Waals surface area (Å²) >= 11 is 0. The third-order valence-corrected chi connectivity index (χ3v) is 2.65. The molecule has 0 radical (unpaired) electrons. The molecule has 0 aliphatic rings. The minimum Gasteiger partial charge on any atom is -0.394 e. The molecule has 4 heteroatoms. The number of aliphatic hydroxyl groups excluding tert-OH is 4. The van der Waals surface area contributed by atoms with Crippen LogP contribution in [0.2, 0.25) is 0 Å². The highest BCUT2D eigenvalue weighted by Gasteiger charge is 2.08. The van der Waals surface area contributed by atoms with E-state index in [1.165, 1.54) is 0 Å². The van der Waals surface area contributed by atoms with Crippen LogP contribution in [0.5, 0.6) is 0 Å². The Bertz CT molecular complexity index is 141.